The fourth-order valence-electron chi connectivity index (χ4n) is 5.62. The van der Waals surface area contributed by atoms with Crippen LogP contribution in [0.1, 0.15) is 28.5 Å². The van der Waals surface area contributed by atoms with Crippen molar-refractivity contribution in [1.82, 2.24) is 19.7 Å². The number of halogens is 1. The Balaban J connectivity index is 1.39. The molecule has 2 aromatic carbocycles. The molecule has 208 valence electrons. The molecule has 40 heavy (non-hydrogen) atoms. The number of hydrogen-bond acceptors (Lipinski definition) is 7. The van der Waals surface area contributed by atoms with E-state index in [4.69, 9.17) is 14.8 Å². The Kier molecular flexibility index (Phi) is 6.69. The van der Waals surface area contributed by atoms with E-state index in [1.807, 2.05) is 36.1 Å². The lowest BCUT2D eigenvalue weighted by atomic mass is 10.0. The molecule has 1 atom stereocenters. The number of carbonyl (C=O) groups is 1. The standard InChI is InChI=1S/C29H30FN5O4S/c1-19-27-25(29(36)34-13-11-33(12-14-34)22-8-6-21(30)7-9-22)17-26(20-4-3-5-24(16-20)39-2)31-28(27)35(32-19)23-10-15-40(37,38)18-23/h3-9,16-17,23H,10-15,18H2,1-2H3. The van der Waals surface area contributed by atoms with Crippen LogP contribution in [0.2, 0.25) is 0 Å². The van der Waals surface area contributed by atoms with Crippen molar-refractivity contribution in [2.24, 2.45) is 0 Å². The molecule has 2 fully saturated rings. The van der Waals surface area contributed by atoms with Crippen molar-refractivity contribution in [3.8, 4) is 17.0 Å². The monoisotopic (exact) mass is 563 g/mol. The number of carbonyl (C=O) groups excluding carboxylic acids is 1. The number of piperazine rings is 1. The molecule has 1 amide bonds. The van der Waals surface area contributed by atoms with Crippen LogP contribution in [0.15, 0.2) is 54.6 Å². The third-order valence-electron chi connectivity index (χ3n) is 7.75. The first-order valence-electron chi connectivity index (χ1n) is 13.3. The fourth-order valence-corrected chi connectivity index (χ4v) is 7.32. The molecule has 6 rings (SSSR count). The molecule has 0 bridgehead atoms. The van der Waals surface area contributed by atoms with Gasteiger partial charge in [-0.05, 0) is 55.8 Å². The van der Waals surface area contributed by atoms with Crippen LogP contribution in [0.4, 0.5) is 10.1 Å². The number of pyridine rings is 1. The van der Waals surface area contributed by atoms with Crippen molar-refractivity contribution < 1.29 is 22.3 Å². The van der Waals surface area contributed by atoms with Gasteiger partial charge in [0.2, 0.25) is 0 Å². The summed E-state index contributed by atoms with van der Waals surface area (Å²) in [6, 6.07) is 15.3. The summed E-state index contributed by atoms with van der Waals surface area (Å²) in [6.45, 7) is 4.07. The molecule has 1 unspecified atom stereocenters. The maximum Gasteiger partial charge on any atom is 0.254 e. The summed E-state index contributed by atoms with van der Waals surface area (Å²) >= 11 is 0. The van der Waals surface area contributed by atoms with Gasteiger partial charge in [0.05, 0.1) is 47.0 Å². The number of fused-ring (bicyclic) bond motifs is 1. The molecule has 2 saturated heterocycles. The van der Waals surface area contributed by atoms with Crippen molar-refractivity contribution in [1.29, 1.82) is 0 Å². The summed E-state index contributed by atoms with van der Waals surface area (Å²) in [5, 5.41) is 5.35. The molecule has 11 heteroatoms. The van der Waals surface area contributed by atoms with Crippen LogP contribution in [0, 0.1) is 12.7 Å². The summed E-state index contributed by atoms with van der Waals surface area (Å²) in [6.07, 6.45) is 0.457. The molecule has 0 N–H and O–H groups in total. The van der Waals surface area contributed by atoms with Crippen LogP contribution >= 0.6 is 0 Å². The Hall–Kier alpha value is -3.99. The van der Waals surface area contributed by atoms with E-state index < -0.39 is 9.84 Å². The molecule has 2 aliphatic heterocycles. The van der Waals surface area contributed by atoms with Gasteiger partial charge >= 0.3 is 0 Å². The van der Waals surface area contributed by atoms with Gasteiger partial charge in [-0.2, -0.15) is 5.10 Å². The number of benzene rings is 2. The predicted octanol–water partition coefficient (Wildman–Crippen LogP) is 3.88. The summed E-state index contributed by atoms with van der Waals surface area (Å²) in [5.41, 5.74) is 3.92. The molecule has 0 radical (unpaired) electrons. The van der Waals surface area contributed by atoms with Crippen molar-refractivity contribution >= 4 is 32.5 Å². The number of methoxy groups -OCH3 is 1. The third kappa shape index (κ3) is 4.90. The highest BCUT2D eigenvalue weighted by Crippen LogP contribution is 2.33. The van der Waals surface area contributed by atoms with Crippen LogP contribution in [0.25, 0.3) is 22.3 Å². The average molecular weight is 564 g/mol. The number of sulfone groups is 1. The number of hydrogen-bond donors (Lipinski definition) is 0. The number of aryl methyl sites for hydroxylation is 1. The first-order chi connectivity index (χ1) is 19.2. The van der Waals surface area contributed by atoms with Crippen LogP contribution in [0.3, 0.4) is 0 Å². The van der Waals surface area contributed by atoms with E-state index in [1.54, 1.807) is 30.0 Å². The molecule has 0 spiro atoms. The zero-order chi connectivity index (χ0) is 28.0. The van der Waals surface area contributed by atoms with Crippen molar-refractivity contribution in [2.45, 2.75) is 19.4 Å². The van der Waals surface area contributed by atoms with Gasteiger partial charge < -0.3 is 14.5 Å². The normalized spacial score (nSPS) is 18.8. The minimum atomic E-state index is -3.15. The van der Waals surface area contributed by atoms with E-state index in [1.165, 1.54) is 12.1 Å². The first-order valence-corrected chi connectivity index (χ1v) is 15.1. The number of ether oxygens (including phenoxy) is 1. The topological polar surface area (TPSA) is 97.6 Å². The Morgan fingerprint density at radius 2 is 1.80 bits per heavy atom. The maximum atomic E-state index is 14.1. The second kappa shape index (κ2) is 10.2. The van der Waals surface area contributed by atoms with E-state index in [2.05, 4.69) is 4.90 Å². The van der Waals surface area contributed by atoms with Crippen molar-refractivity contribution in [2.75, 3.05) is 49.7 Å². The van der Waals surface area contributed by atoms with Crippen LogP contribution in [0.5, 0.6) is 5.75 Å². The van der Waals surface area contributed by atoms with E-state index in [0.29, 0.717) is 66.3 Å². The molecule has 0 saturated carbocycles. The second-order valence-corrected chi connectivity index (χ2v) is 12.6. The van der Waals surface area contributed by atoms with Crippen molar-refractivity contribution in [3.05, 3.63) is 71.7 Å². The zero-order valence-corrected chi connectivity index (χ0v) is 23.2. The highest BCUT2D eigenvalue weighted by atomic mass is 32.2. The number of amides is 1. The number of rotatable bonds is 5. The van der Waals surface area contributed by atoms with Crippen LogP contribution in [-0.2, 0) is 9.84 Å². The van der Waals surface area contributed by atoms with E-state index in [-0.39, 0.29) is 29.3 Å². The lowest BCUT2D eigenvalue weighted by Crippen LogP contribution is -2.48. The first kappa shape index (κ1) is 26.2. The Morgan fingerprint density at radius 1 is 1.05 bits per heavy atom. The van der Waals surface area contributed by atoms with E-state index >= 15 is 0 Å². The third-order valence-corrected chi connectivity index (χ3v) is 9.50. The zero-order valence-electron chi connectivity index (χ0n) is 22.4. The minimum Gasteiger partial charge on any atom is -0.497 e. The molecular weight excluding hydrogens is 533 g/mol. The Bertz CT molecular complexity index is 1700. The summed E-state index contributed by atoms with van der Waals surface area (Å²) in [4.78, 5) is 22.9. The van der Waals surface area contributed by atoms with Crippen LogP contribution in [-0.4, -0.2) is 78.8 Å². The number of anilines is 1. The summed E-state index contributed by atoms with van der Waals surface area (Å²) in [7, 11) is -1.56. The SMILES string of the molecule is COc1cccc(-c2cc(C(=O)N3CCN(c4ccc(F)cc4)CC3)c3c(C)nn(C4CCS(=O)(=O)C4)c3n2)c1. The van der Waals surface area contributed by atoms with Gasteiger partial charge in [-0.25, -0.2) is 22.5 Å². The maximum absolute atomic E-state index is 14.1. The van der Waals surface area contributed by atoms with Gasteiger partial charge in [0.15, 0.2) is 15.5 Å². The number of aromatic nitrogens is 3. The van der Waals surface area contributed by atoms with Gasteiger partial charge in [0.1, 0.15) is 11.6 Å². The highest BCUT2D eigenvalue weighted by Gasteiger charge is 2.33. The highest BCUT2D eigenvalue weighted by molar-refractivity contribution is 7.91. The number of nitrogens with zero attached hydrogens (tertiary/aromatic N) is 5. The average Bonchev–Trinajstić information content (AvgIpc) is 3.51. The molecule has 4 heterocycles. The largest absolute Gasteiger partial charge is 0.497 e. The van der Waals surface area contributed by atoms with Gasteiger partial charge in [0, 0.05) is 37.4 Å². The van der Waals surface area contributed by atoms with E-state index in [0.717, 1.165) is 11.3 Å². The fraction of sp³-hybridized carbons (Fsp3) is 0.345. The molecule has 4 aromatic rings. The van der Waals surface area contributed by atoms with E-state index in [9.17, 15) is 17.6 Å². The summed E-state index contributed by atoms with van der Waals surface area (Å²) in [5.74, 6) is 0.366. The summed E-state index contributed by atoms with van der Waals surface area (Å²) < 4.78 is 45.1. The van der Waals surface area contributed by atoms with Gasteiger partial charge in [0.25, 0.3) is 5.91 Å². The minimum absolute atomic E-state index is 0.00289. The Morgan fingerprint density at radius 3 is 2.48 bits per heavy atom. The second-order valence-electron chi connectivity index (χ2n) is 10.3. The molecule has 2 aliphatic rings. The smallest absolute Gasteiger partial charge is 0.254 e. The van der Waals surface area contributed by atoms with Crippen LogP contribution < -0.4 is 9.64 Å². The predicted molar refractivity (Wildman–Crippen MR) is 151 cm³/mol. The van der Waals surface area contributed by atoms with Gasteiger partial charge in [-0.15, -0.1) is 0 Å². The lowest BCUT2D eigenvalue weighted by Gasteiger charge is -2.36. The van der Waals surface area contributed by atoms with Gasteiger partial charge in [-0.1, -0.05) is 12.1 Å². The quantitative estimate of drug-likeness (QED) is 0.364. The lowest BCUT2D eigenvalue weighted by molar-refractivity contribution is 0.0748. The Labute approximate surface area is 232 Å². The van der Waals surface area contributed by atoms with Crippen molar-refractivity contribution in [3.63, 3.8) is 0 Å². The molecule has 0 aliphatic carbocycles. The molecule has 2 aromatic heterocycles. The van der Waals surface area contributed by atoms with Gasteiger partial charge in [-0.3, -0.25) is 4.79 Å². The molecule has 9 nitrogen and oxygen atoms in total. The molecular formula is C29H30FN5O4S.